The Kier molecular flexibility index (Phi) is 5.44. The third kappa shape index (κ3) is 4.00. The Hall–Kier alpha value is -2.81. The Morgan fingerprint density at radius 2 is 1.83 bits per heavy atom. The predicted octanol–water partition coefficient (Wildman–Crippen LogP) is 4.51. The molecule has 3 rings (SSSR count). The predicted molar refractivity (Wildman–Crippen MR) is 103 cm³/mol. The molecule has 0 fully saturated rings. The van der Waals surface area contributed by atoms with Gasteiger partial charge in [-0.15, -0.1) is 0 Å². The zero-order valence-corrected chi connectivity index (χ0v) is 17.0. The highest BCUT2D eigenvalue weighted by molar-refractivity contribution is 6.34. The molecule has 2 aromatic heterocycles. The molecule has 1 amide bonds. The lowest BCUT2D eigenvalue weighted by Gasteiger charge is -2.09. The lowest BCUT2D eigenvalue weighted by atomic mass is 10.1. The van der Waals surface area contributed by atoms with E-state index < -0.39 is 28.5 Å². The minimum Gasteiger partial charge on any atom is -0.317 e. The van der Waals surface area contributed by atoms with Crippen molar-refractivity contribution >= 4 is 23.2 Å². The van der Waals surface area contributed by atoms with E-state index in [0.29, 0.717) is 28.3 Å². The molecule has 10 heteroatoms. The fraction of sp³-hybridized carbons (Fsp3) is 0.316. The topological polar surface area (TPSA) is 64.7 Å². The molecule has 2 heterocycles. The lowest BCUT2D eigenvalue weighted by molar-refractivity contribution is -0.143. The number of carbonyl (C=O) groups excluding carboxylic acids is 1. The summed E-state index contributed by atoms with van der Waals surface area (Å²) in [6, 6.07) is 7.84. The van der Waals surface area contributed by atoms with Gasteiger partial charge in [-0.05, 0) is 31.9 Å². The van der Waals surface area contributed by atoms with E-state index in [1.807, 2.05) is 31.2 Å². The van der Waals surface area contributed by atoms with Gasteiger partial charge in [0.2, 0.25) is 0 Å². The number of aryl methyl sites for hydroxylation is 3. The summed E-state index contributed by atoms with van der Waals surface area (Å²) in [4.78, 5) is 12.6. The van der Waals surface area contributed by atoms with Crippen molar-refractivity contribution in [2.75, 3.05) is 5.32 Å². The van der Waals surface area contributed by atoms with Gasteiger partial charge >= 0.3 is 6.18 Å². The maximum absolute atomic E-state index is 13.1. The van der Waals surface area contributed by atoms with E-state index in [4.69, 9.17) is 11.6 Å². The third-order valence-corrected chi connectivity index (χ3v) is 5.03. The fourth-order valence-corrected chi connectivity index (χ4v) is 3.46. The molecule has 1 aromatic carbocycles. The quantitative estimate of drug-likeness (QED) is 0.668. The molecule has 1 N–H and O–H groups in total. The number of halogens is 4. The van der Waals surface area contributed by atoms with E-state index >= 15 is 0 Å². The number of amides is 1. The average molecular weight is 426 g/mol. The van der Waals surface area contributed by atoms with Crippen molar-refractivity contribution in [1.82, 2.24) is 19.6 Å². The van der Waals surface area contributed by atoms with Gasteiger partial charge in [0.25, 0.3) is 5.91 Å². The van der Waals surface area contributed by atoms with E-state index in [-0.39, 0.29) is 0 Å². The number of hydrogen-bond acceptors (Lipinski definition) is 3. The van der Waals surface area contributed by atoms with Crippen LogP contribution in [-0.2, 0) is 19.8 Å². The summed E-state index contributed by atoms with van der Waals surface area (Å²) in [5, 5.41) is 9.95. The number of anilines is 1. The van der Waals surface area contributed by atoms with Crippen molar-refractivity contribution in [3.63, 3.8) is 0 Å². The molecule has 154 valence electrons. The highest BCUT2D eigenvalue weighted by Crippen LogP contribution is 2.36. The highest BCUT2D eigenvalue weighted by atomic mass is 35.5. The summed E-state index contributed by atoms with van der Waals surface area (Å²) in [7, 11) is 1.09. The molecule has 0 saturated carbocycles. The molecule has 0 unspecified atom stereocenters. The number of rotatable bonds is 4. The molecule has 0 aliphatic heterocycles. The van der Waals surface area contributed by atoms with Gasteiger partial charge in [0.1, 0.15) is 5.02 Å². The van der Waals surface area contributed by atoms with E-state index in [1.54, 1.807) is 18.5 Å². The summed E-state index contributed by atoms with van der Waals surface area (Å²) >= 11 is 5.80. The number of hydrogen-bond donors (Lipinski definition) is 1. The van der Waals surface area contributed by atoms with Gasteiger partial charge in [-0.25, -0.2) is 0 Å². The molecule has 0 bridgehead atoms. The number of alkyl halides is 3. The number of nitrogens with zero attached hydrogens (tertiary/aromatic N) is 4. The van der Waals surface area contributed by atoms with E-state index in [1.165, 1.54) is 0 Å². The van der Waals surface area contributed by atoms with Crippen LogP contribution in [0.3, 0.4) is 0 Å². The Balaban J connectivity index is 1.89. The van der Waals surface area contributed by atoms with Crippen LogP contribution in [0.4, 0.5) is 18.9 Å². The monoisotopic (exact) mass is 425 g/mol. The average Bonchev–Trinajstić information content (AvgIpc) is 3.07. The lowest BCUT2D eigenvalue weighted by Crippen LogP contribution is -2.15. The maximum Gasteiger partial charge on any atom is 0.434 e. The normalized spacial score (nSPS) is 11.7. The Morgan fingerprint density at radius 1 is 1.17 bits per heavy atom. The minimum absolute atomic E-state index is 0.416. The van der Waals surface area contributed by atoms with Crippen LogP contribution in [0.25, 0.3) is 0 Å². The molecular formula is C19H19ClF3N5O. The SMILES string of the molecule is Cc1ccccc1Cn1nc(C)c(NC(=O)c2nn(C)c(C(F)(F)F)c2Cl)c1C. The van der Waals surface area contributed by atoms with E-state index in [2.05, 4.69) is 15.5 Å². The number of carbonyl (C=O) groups is 1. The first-order valence-corrected chi connectivity index (χ1v) is 9.08. The van der Waals surface area contributed by atoms with Gasteiger partial charge in [0.05, 0.1) is 23.6 Å². The first-order valence-electron chi connectivity index (χ1n) is 8.70. The number of aromatic nitrogens is 4. The molecule has 29 heavy (non-hydrogen) atoms. The van der Waals surface area contributed by atoms with Gasteiger partial charge in [-0.2, -0.15) is 23.4 Å². The van der Waals surface area contributed by atoms with Gasteiger partial charge in [-0.3, -0.25) is 14.2 Å². The Bertz CT molecular complexity index is 1080. The van der Waals surface area contributed by atoms with Crippen molar-refractivity contribution in [1.29, 1.82) is 0 Å². The summed E-state index contributed by atoms with van der Waals surface area (Å²) in [5.74, 6) is -0.831. The van der Waals surface area contributed by atoms with Crippen molar-refractivity contribution in [2.24, 2.45) is 7.05 Å². The van der Waals surface area contributed by atoms with Crippen LogP contribution in [0.1, 0.15) is 38.7 Å². The first-order chi connectivity index (χ1) is 13.5. The largest absolute Gasteiger partial charge is 0.434 e. The second-order valence-electron chi connectivity index (χ2n) is 6.72. The molecule has 6 nitrogen and oxygen atoms in total. The minimum atomic E-state index is -4.72. The Morgan fingerprint density at radius 3 is 2.41 bits per heavy atom. The van der Waals surface area contributed by atoms with Crippen molar-refractivity contribution in [3.8, 4) is 0 Å². The fourth-order valence-electron chi connectivity index (χ4n) is 3.10. The summed E-state index contributed by atoms with van der Waals surface area (Å²) < 4.78 is 41.6. The second-order valence-corrected chi connectivity index (χ2v) is 7.09. The van der Waals surface area contributed by atoms with Gasteiger partial charge in [0, 0.05) is 7.05 Å². The van der Waals surface area contributed by atoms with E-state index in [9.17, 15) is 18.0 Å². The molecule has 0 radical (unpaired) electrons. The Labute approximate surface area is 170 Å². The molecule has 0 spiro atoms. The molecule has 0 saturated heterocycles. The molecular weight excluding hydrogens is 407 g/mol. The van der Waals surface area contributed by atoms with Crippen LogP contribution >= 0.6 is 11.6 Å². The third-order valence-electron chi connectivity index (χ3n) is 4.67. The van der Waals surface area contributed by atoms with Gasteiger partial charge in [-0.1, -0.05) is 35.9 Å². The molecule has 0 aliphatic rings. The zero-order valence-electron chi connectivity index (χ0n) is 16.2. The van der Waals surface area contributed by atoms with Crippen molar-refractivity contribution < 1.29 is 18.0 Å². The zero-order chi connectivity index (χ0) is 21.5. The second kappa shape index (κ2) is 7.55. The first kappa shape index (κ1) is 20.9. The van der Waals surface area contributed by atoms with Crippen LogP contribution in [0.15, 0.2) is 24.3 Å². The summed E-state index contributed by atoms with van der Waals surface area (Å²) in [5.41, 5.74) is 2.12. The summed E-state index contributed by atoms with van der Waals surface area (Å²) in [6.07, 6.45) is -4.72. The molecule has 0 aliphatic carbocycles. The van der Waals surface area contributed by atoms with Crippen LogP contribution in [0, 0.1) is 20.8 Å². The molecule has 3 aromatic rings. The van der Waals surface area contributed by atoms with Crippen LogP contribution in [0.5, 0.6) is 0 Å². The highest BCUT2D eigenvalue weighted by Gasteiger charge is 2.40. The number of benzene rings is 1. The summed E-state index contributed by atoms with van der Waals surface area (Å²) in [6.45, 7) is 5.97. The smallest absolute Gasteiger partial charge is 0.317 e. The number of nitrogens with one attached hydrogen (secondary N) is 1. The molecule has 0 atom stereocenters. The van der Waals surface area contributed by atoms with Crippen LogP contribution in [-0.4, -0.2) is 25.5 Å². The maximum atomic E-state index is 13.1. The van der Waals surface area contributed by atoms with Gasteiger partial charge in [0.15, 0.2) is 11.4 Å². The standard InChI is InChI=1S/C19H19ClF3N5O/c1-10-7-5-6-8-13(10)9-28-12(3)15(11(2)25-28)24-18(29)16-14(20)17(19(21,22)23)27(4)26-16/h5-8H,9H2,1-4H3,(H,24,29). The van der Waals surface area contributed by atoms with Crippen molar-refractivity contribution in [3.05, 3.63) is 63.2 Å². The van der Waals surface area contributed by atoms with Crippen LogP contribution < -0.4 is 5.32 Å². The van der Waals surface area contributed by atoms with Crippen molar-refractivity contribution in [2.45, 2.75) is 33.5 Å². The van der Waals surface area contributed by atoms with E-state index in [0.717, 1.165) is 18.2 Å². The van der Waals surface area contributed by atoms with Crippen LogP contribution in [0.2, 0.25) is 5.02 Å². The van der Waals surface area contributed by atoms with Gasteiger partial charge < -0.3 is 5.32 Å².